The summed E-state index contributed by atoms with van der Waals surface area (Å²) >= 11 is 0. The lowest BCUT2D eigenvalue weighted by Gasteiger charge is -2.24. The first-order valence-electron chi connectivity index (χ1n) is 4.45. The second-order valence-electron chi connectivity index (χ2n) is 3.27. The van der Waals surface area contributed by atoms with Crippen LogP contribution >= 0.6 is 0 Å². The zero-order valence-electron chi connectivity index (χ0n) is 7.29. The van der Waals surface area contributed by atoms with Gasteiger partial charge in [-0.1, -0.05) is 6.07 Å². The van der Waals surface area contributed by atoms with Gasteiger partial charge in [0.15, 0.2) is 0 Å². The van der Waals surface area contributed by atoms with Crippen LogP contribution in [0.5, 0.6) is 5.75 Å². The standard InChI is InChI=1S/C10H12FNO/c11-8-3-1-7-2-4-9(6-12)13-10(7)5-8/h1,3,5,9H,2,4,6,12H2. The van der Waals surface area contributed by atoms with Gasteiger partial charge in [-0.3, -0.25) is 0 Å². The van der Waals surface area contributed by atoms with Crippen LogP contribution in [-0.2, 0) is 6.42 Å². The predicted octanol–water partition coefficient (Wildman–Crippen LogP) is 1.48. The number of hydrogen-bond acceptors (Lipinski definition) is 2. The molecule has 13 heavy (non-hydrogen) atoms. The summed E-state index contributed by atoms with van der Waals surface area (Å²) in [4.78, 5) is 0. The Morgan fingerprint density at radius 3 is 3.15 bits per heavy atom. The lowest BCUT2D eigenvalue weighted by atomic mass is 10.0. The molecule has 1 aliphatic rings. The van der Waals surface area contributed by atoms with Gasteiger partial charge in [0.25, 0.3) is 0 Å². The van der Waals surface area contributed by atoms with Gasteiger partial charge in [0.05, 0.1) is 0 Å². The van der Waals surface area contributed by atoms with Crippen molar-refractivity contribution in [3.63, 3.8) is 0 Å². The molecule has 0 bridgehead atoms. The number of nitrogens with two attached hydrogens (primary N) is 1. The Labute approximate surface area is 76.5 Å². The van der Waals surface area contributed by atoms with Crippen LogP contribution in [0.4, 0.5) is 4.39 Å². The van der Waals surface area contributed by atoms with Crippen molar-refractivity contribution >= 4 is 0 Å². The van der Waals surface area contributed by atoms with Crippen molar-refractivity contribution < 1.29 is 9.13 Å². The summed E-state index contributed by atoms with van der Waals surface area (Å²) in [6.45, 7) is 0.496. The van der Waals surface area contributed by atoms with E-state index in [-0.39, 0.29) is 11.9 Å². The summed E-state index contributed by atoms with van der Waals surface area (Å²) < 4.78 is 18.3. The summed E-state index contributed by atoms with van der Waals surface area (Å²) in [6.07, 6.45) is 1.90. The second-order valence-corrected chi connectivity index (χ2v) is 3.27. The van der Waals surface area contributed by atoms with Crippen molar-refractivity contribution in [1.29, 1.82) is 0 Å². The Balaban J connectivity index is 2.27. The third kappa shape index (κ3) is 1.65. The molecule has 0 saturated carbocycles. The van der Waals surface area contributed by atoms with E-state index in [9.17, 15) is 4.39 Å². The van der Waals surface area contributed by atoms with E-state index in [0.717, 1.165) is 18.4 Å². The topological polar surface area (TPSA) is 35.2 Å². The Morgan fingerprint density at radius 2 is 2.38 bits per heavy atom. The average molecular weight is 181 g/mol. The van der Waals surface area contributed by atoms with Crippen molar-refractivity contribution in [3.8, 4) is 5.75 Å². The van der Waals surface area contributed by atoms with Gasteiger partial charge in [0.1, 0.15) is 17.7 Å². The fourth-order valence-electron chi connectivity index (χ4n) is 1.57. The second kappa shape index (κ2) is 3.34. The Kier molecular flexibility index (Phi) is 2.19. The highest BCUT2D eigenvalue weighted by molar-refractivity contribution is 5.35. The highest BCUT2D eigenvalue weighted by Gasteiger charge is 2.18. The normalized spacial score (nSPS) is 20.6. The molecule has 70 valence electrons. The lowest BCUT2D eigenvalue weighted by Crippen LogP contribution is -2.30. The van der Waals surface area contributed by atoms with Crippen molar-refractivity contribution in [2.24, 2.45) is 5.73 Å². The van der Waals surface area contributed by atoms with Crippen molar-refractivity contribution in [2.75, 3.05) is 6.54 Å². The molecule has 2 rings (SSSR count). The van der Waals surface area contributed by atoms with E-state index in [1.165, 1.54) is 12.1 Å². The fourth-order valence-corrected chi connectivity index (χ4v) is 1.57. The molecule has 0 aliphatic carbocycles. The van der Waals surface area contributed by atoms with Crippen LogP contribution in [0.25, 0.3) is 0 Å². The number of halogens is 1. The third-order valence-corrected chi connectivity index (χ3v) is 2.32. The molecular formula is C10H12FNO. The zero-order valence-corrected chi connectivity index (χ0v) is 7.29. The smallest absolute Gasteiger partial charge is 0.126 e. The van der Waals surface area contributed by atoms with Crippen molar-refractivity contribution in [2.45, 2.75) is 18.9 Å². The van der Waals surface area contributed by atoms with Crippen LogP contribution < -0.4 is 10.5 Å². The molecule has 1 heterocycles. The monoisotopic (exact) mass is 181 g/mol. The van der Waals surface area contributed by atoms with Gasteiger partial charge in [-0.2, -0.15) is 0 Å². The molecule has 2 nitrogen and oxygen atoms in total. The molecule has 2 N–H and O–H groups in total. The molecule has 1 aromatic carbocycles. The van der Waals surface area contributed by atoms with Gasteiger partial charge in [0, 0.05) is 12.6 Å². The van der Waals surface area contributed by atoms with Crippen molar-refractivity contribution in [1.82, 2.24) is 0 Å². The van der Waals surface area contributed by atoms with Gasteiger partial charge in [0.2, 0.25) is 0 Å². The number of rotatable bonds is 1. The van der Waals surface area contributed by atoms with Crippen LogP contribution in [-0.4, -0.2) is 12.6 Å². The van der Waals surface area contributed by atoms with E-state index in [2.05, 4.69) is 0 Å². The first-order valence-corrected chi connectivity index (χ1v) is 4.45. The maximum atomic E-state index is 12.8. The number of aryl methyl sites for hydroxylation is 1. The number of fused-ring (bicyclic) bond motifs is 1. The first-order chi connectivity index (χ1) is 6.29. The van der Waals surface area contributed by atoms with Crippen LogP contribution in [0, 0.1) is 5.82 Å². The number of hydrogen-bond donors (Lipinski definition) is 1. The zero-order chi connectivity index (χ0) is 9.26. The molecule has 0 saturated heterocycles. The molecule has 0 fully saturated rings. The summed E-state index contributed by atoms with van der Waals surface area (Å²) in [5.41, 5.74) is 6.55. The quantitative estimate of drug-likeness (QED) is 0.712. The van der Waals surface area contributed by atoms with Crippen molar-refractivity contribution in [3.05, 3.63) is 29.6 Å². The van der Waals surface area contributed by atoms with E-state index in [1.807, 2.05) is 0 Å². The van der Waals surface area contributed by atoms with E-state index in [4.69, 9.17) is 10.5 Å². The molecule has 0 radical (unpaired) electrons. The summed E-state index contributed by atoms with van der Waals surface area (Å²) in [5.74, 6) is 0.401. The van der Waals surface area contributed by atoms with Gasteiger partial charge < -0.3 is 10.5 Å². The molecular weight excluding hydrogens is 169 g/mol. The maximum Gasteiger partial charge on any atom is 0.126 e. The molecule has 0 amide bonds. The van der Waals surface area contributed by atoms with Gasteiger partial charge in [-0.05, 0) is 24.5 Å². The summed E-state index contributed by atoms with van der Waals surface area (Å²) in [7, 11) is 0. The highest BCUT2D eigenvalue weighted by Crippen LogP contribution is 2.27. The molecule has 0 aromatic heterocycles. The lowest BCUT2D eigenvalue weighted by molar-refractivity contribution is 0.180. The predicted molar refractivity (Wildman–Crippen MR) is 48.2 cm³/mol. The van der Waals surface area contributed by atoms with E-state index >= 15 is 0 Å². The van der Waals surface area contributed by atoms with E-state index < -0.39 is 0 Å². The highest BCUT2D eigenvalue weighted by atomic mass is 19.1. The number of benzene rings is 1. The molecule has 0 spiro atoms. The molecule has 1 aliphatic heterocycles. The first kappa shape index (κ1) is 8.51. The Bertz CT molecular complexity index is 314. The number of ether oxygens (including phenoxy) is 1. The van der Waals surface area contributed by atoms with Gasteiger partial charge >= 0.3 is 0 Å². The molecule has 1 unspecified atom stereocenters. The largest absolute Gasteiger partial charge is 0.489 e. The van der Waals surface area contributed by atoms with Crippen LogP contribution in [0.2, 0.25) is 0 Å². The average Bonchev–Trinajstić information content (AvgIpc) is 2.16. The Hall–Kier alpha value is -1.09. The van der Waals surface area contributed by atoms with E-state index in [0.29, 0.717) is 12.3 Å². The minimum atomic E-state index is -0.253. The Morgan fingerprint density at radius 1 is 1.54 bits per heavy atom. The summed E-state index contributed by atoms with van der Waals surface area (Å²) in [5, 5.41) is 0. The fraction of sp³-hybridized carbons (Fsp3) is 0.400. The van der Waals surface area contributed by atoms with Crippen LogP contribution in [0.15, 0.2) is 18.2 Å². The molecule has 3 heteroatoms. The minimum Gasteiger partial charge on any atom is -0.489 e. The van der Waals surface area contributed by atoms with Gasteiger partial charge in [-0.15, -0.1) is 0 Å². The van der Waals surface area contributed by atoms with Crippen LogP contribution in [0.1, 0.15) is 12.0 Å². The maximum absolute atomic E-state index is 12.8. The van der Waals surface area contributed by atoms with E-state index in [1.54, 1.807) is 6.07 Å². The molecule has 1 aromatic rings. The third-order valence-electron chi connectivity index (χ3n) is 2.32. The SMILES string of the molecule is NCC1CCc2ccc(F)cc2O1. The minimum absolute atomic E-state index is 0.0503. The summed E-state index contributed by atoms with van der Waals surface area (Å²) in [6, 6.07) is 4.67. The van der Waals surface area contributed by atoms with Crippen LogP contribution in [0.3, 0.4) is 0 Å². The van der Waals surface area contributed by atoms with Gasteiger partial charge in [-0.25, -0.2) is 4.39 Å². The molecule has 1 atom stereocenters.